The molecule has 0 aliphatic heterocycles. The predicted molar refractivity (Wildman–Crippen MR) is 153 cm³/mol. The number of hydrogen-bond acceptors (Lipinski definition) is 6. The van der Waals surface area contributed by atoms with Crippen LogP contribution in [0.25, 0.3) is 22.2 Å². The molecule has 8 heteroatoms. The molecule has 0 atom stereocenters. The van der Waals surface area contributed by atoms with Crippen LogP contribution >= 0.6 is 0 Å². The number of nitrogens with two attached hydrogens (primary N) is 1. The van der Waals surface area contributed by atoms with Crippen LogP contribution in [0.4, 0.5) is 11.8 Å². The van der Waals surface area contributed by atoms with E-state index in [4.69, 9.17) is 10.7 Å². The molecule has 198 valence electrons. The normalized spacial score (nSPS) is 17.5. The van der Waals surface area contributed by atoms with Gasteiger partial charge in [-0.05, 0) is 69.2 Å². The number of carbonyl (C=O) groups is 1. The summed E-state index contributed by atoms with van der Waals surface area (Å²) in [5, 5.41) is 12.0. The smallest absolute Gasteiger partial charge is 0.229 e. The van der Waals surface area contributed by atoms with Gasteiger partial charge in [0.05, 0.1) is 17.6 Å². The molecular formula is C30H37N7O. The standard InChI is InChI=1S/C30H37N7O/c1-5-21-14-22(15-23-17-32-30(35-29(21)23)33-25-8-6-24(31)7-9-25)26-16-27(36-37(26)4)34-28(38)13-20-11-18(2)10-19(3)12-20/h10-12,14-17,24-25H,5-9,13,31H2,1-4H3,(H,32,33,35)(H,34,36,38). The Morgan fingerprint density at radius 2 is 1.79 bits per heavy atom. The maximum atomic E-state index is 12.7. The summed E-state index contributed by atoms with van der Waals surface area (Å²) < 4.78 is 1.80. The zero-order valence-electron chi connectivity index (χ0n) is 22.7. The molecule has 0 radical (unpaired) electrons. The monoisotopic (exact) mass is 511 g/mol. The maximum Gasteiger partial charge on any atom is 0.229 e. The average molecular weight is 512 g/mol. The zero-order chi connectivity index (χ0) is 26.8. The number of nitrogens with zero attached hydrogens (tertiary/aromatic N) is 4. The molecule has 1 amide bonds. The summed E-state index contributed by atoms with van der Waals surface area (Å²) in [5.41, 5.74) is 13.4. The van der Waals surface area contributed by atoms with Gasteiger partial charge in [-0.15, -0.1) is 0 Å². The number of hydrogen-bond donors (Lipinski definition) is 3. The first kappa shape index (κ1) is 25.9. The Morgan fingerprint density at radius 1 is 1.05 bits per heavy atom. The fourth-order valence-electron chi connectivity index (χ4n) is 5.49. The molecule has 0 spiro atoms. The van der Waals surface area contributed by atoms with E-state index in [0.29, 0.717) is 30.3 Å². The quantitative estimate of drug-likeness (QED) is 0.319. The second kappa shape index (κ2) is 10.9. The lowest BCUT2D eigenvalue weighted by Crippen LogP contribution is -2.33. The summed E-state index contributed by atoms with van der Waals surface area (Å²) >= 11 is 0. The predicted octanol–water partition coefficient (Wildman–Crippen LogP) is 5.07. The Hall–Kier alpha value is -3.78. The molecular weight excluding hydrogens is 474 g/mol. The van der Waals surface area contributed by atoms with Crippen LogP contribution in [0.1, 0.15) is 54.9 Å². The average Bonchev–Trinajstić information content (AvgIpc) is 3.23. The van der Waals surface area contributed by atoms with Crippen molar-refractivity contribution in [1.29, 1.82) is 0 Å². The lowest BCUT2D eigenvalue weighted by Gasteiger charge is -2.26. The number of fused-ring (bicyclic) bond motifs is 1. The third-order valence-corrected chi connectivity index (χ3v) is 7.34. The van der Waals surface area contributed by atoms with Gasteiger partial charge in [0.1, 0.15) is 0 Å². The minimum atomic E-state index is -0.0826. The summed E-state index contributed by atoms with van der Waals surface area (Å²) in [5.74, 6) is 1.13. The van der Waals surface area contributed by atoms with Gasteiger partial charge in [-0.3, -0.25) is 9.48 Å². The van der Waals surface area contributed by atoms with Crippen molar-refractivity contribution in [3.8, 4) is 11.3 Å². The van der Waals surface area contributed by atoms with Crippen molar-refractivity contribution in [2.24, 2.45) is 12.8 Å². The number of amides is 1. The molecule has 0 bridgehead atoms. The fraction of sp³-hybridized carbons (Fsp3) is 0.400. The number of aryl methyl sites for hydroxylation is 4. The first-order valence-corrected chi connectivity index (χ1v) is 13.5. The number of anilines is 2. The van der Waals surface area contributed by atoms with Crippen molar-refractivity contribution < 1.29 is 4.79 Å². The second-order valence-electron chi connectivity index (χ2n) is 10.6. The third kappa shape index (κ3) is 5.86. The van der Waals surface area contributed by atoms with E-state index < -0.39 is 0 Å². The van der Waals surface area contributed by atoms with Crippen LogP contribution in [0.3, 0.4) is 0 Å². The summed E-state index contributed by atoms with van der Waals surface area (Å²) in [7, 11) is 1.89. The van der Waals surface area contributed by atoms with Gasteiger partial charge >= 0.3 is 0 Å². The van der Waals surface area contributed by atoms with Crippen LogP contribution in [0.5, 0.6) is 0 Å². The van der Waals surface area contributed by atoms with Gasteiger partial charge in [0.25, 0.3) is 0 Å². The fourth-order valence-corrected chi connectivity index (χ4v) is 5.49. The van der Waals surface area contributed by atoms with Gasteiger partial charge in [0.2, 0.25) is 11.9 Å². The first-order chi connectivity index (χ1) is 18.3. The van der Waals surface area contributed by atoms with Crippen LogP contribution in [-0.2, 0) is 24.7 Å². The molecule has 38 heavy (non-hydrogen) atoms. The highest BCUT2D eigenvalue weighted by atomic mass is 16.1. The Bertz CT molecular complexity index is 1450. The number of nitrogens with one attached hydrogen (secondary N) is 2. The summed E-state index contributed by atoms with van der Waals surface area (Å²) in [6.07, 6.45) is 7.21. The Labute approximate surface area is 224 Å². The molecule has 5 rings (SSSR count). The molecule has 4 aromatic rings. The van der Waals surface area contributed by atoms with Gasteiger partial charge in [-0.2, -0.15) is 5.10 Å². The maximum absolute atomic E-state index is 12.7. The number of benzene rings is 2. The van der Waals surface area contributed by atoms with Crippen LogP contribution in [0.2, 0.25) is 0 Å². The summed E-state index contributed by atoms with van der Waals surface area (Å²) in [6.45, 7) is 6.23. The molecule has 1 saturated carbocycles. The van der Waals surface area contributed by atoms with Crippen molar-refractivity contribution >= 4 is 28.6 Å². The Morgan fingerprint density at radius 3 is 2.50 bits per heavy atom. The minimum absolute atomic E-state index is 0.0826. The highest BCUT2D eigenvalue weighted by Gasteiger charge is 2.20. The van der Waals surface area contributed by atoms with Gasteiger partial charge in [0, 0.05) is 42.3 Å². The molecule has 1 fully saturated rings. The second-order valence-corrected chi connectivity index (χ2v) is 10.6. The van der Waals surface area contributed by atoms with Gasteiger partial charge in [-0.1, -0.05) is 36.2 Å². The van der Waals surface area contributed by atoms with Crippen molar-refractivity contribution in [2.75, 3.05) is 10.6 Å². The molecule has 1 aliphatic carbocycles. The SMILES string of the molecule is CCc1cc(-c2cc(NC(=O)Cc3cc(C)cc(C)c3)nn2C)cc2cnc(NC3CCC(N)CC3)nc12. The Balaban J connectivity index is 1.35. The molecule has 0 unspecified atom stereocenters. The number of aromatic nitrogens is 4. The van der Waals surface area contributed by atoms with Crippen molar-refractivity contribution in [3.63, 3.8) is 0 Å². The van der Waals surface area contributed by atoms with Crippen molar-refractivity contribution in [3.05, 3.63) is 64.8 Å². The van der Waals surface area contributed by atoms with Gasteiger partial charge in [0.15, 0.2) is 5.82 Å². The molecule has 2 heterocycles. The van der Waals surface area contributed by atoms with E-state index in [-0.39, 0.29) is 5.91 Å². The molecule has 1 aliphatic rings. The van der Waals surface area contributed by atoms with E-state index in [1.165, 1.54) is 0 Å². The topological polar surface area (TPSA) is 111 Å². The highest BCUT2D eigenvalue weighted by molar-refractivity contribution is 5.92. The zero-order valence-corrected chi connectivity index (χ0v) is 22.7. The van der Waals surface area contributed by atoms with Crippen molar-refractivity contribution in [1.82, 2.24) is 19.7 Å². The summed E-state index contributed by atoms with van der Waals surface area (Å²) in [6, 6.07) is 13.1. The van der Waals surface area contributed by atoms with Gasteiger partial charge < -0.3 is 16.4 Å². The molecule has 4 N–H and O–H groups in total. The van der Waals surface area contributed by atoms with Crippen LogP contribution in [0.15, 0.2) is 42.6 Å². The number of rotatable bonds is 7. The van der Waals surface area contributed by atoms with Crippen LogP contribution in [0, 0.1) is 13.8 Å². The molecule has 2 aromatic heterocycles. The largest absolute Gasteiger partial charge is 0.351 e. The molecule has 8 nitrogen and oxygen atoms in total. The molecule has 0 saturated heterocycles. The van der Waals surface area contributed by atoms with E-state index in [1.54, 1.807) is 4.68 Å². The van der Waals surface area contributed by atoms with Crippen LogP contribution < -0.4 is 16.4 Å². The summed E-state index contributed by atoms with van der Waals surface area (Å²) in [4.78, 5) is 22.2. The lowest BCUT2D eigenvalue weighted by atomic mass is 9.92. The van der Waals surface area contributed by atoms with E-state index in [2.05, 4.69) is 45.8 Å². The van der Waals surface area contributed by atoms with Gasteiger partial charge in [-0.25, -0.2) is 9.97 Å². The Kier molecular flexibility index (Phi) is 7.42. The van der Waals surface area contributed by atoms with Crippen LogP contribution in [-0.4, -0.2) is 37.7 Å². The van der Waals surface area contributed by atoms with E-state index >= 15 is 0 Å². The van der Waals surface area contributed by atoms with E-state index in [1.807, 2.05) is 45.3 Å². The lowest BCUT2D eigenvalue weighted by molar-refractivity contribution is -0.115. The van der Waals surface area contributed by atoms with E-state index in [0.717, 1.165) is 76.5 Å². The first-order valence-electron chi connectivity index (χ1n) is 13.5. The highest BCUT2D eigenvalue weighted by Crippen LogP contribution is 2.29. The van der Waals surface area contributed by atoms with E-state index in [9.17, 15) is 4.79 Å². The molecule has 2 aromatic carbocycles. The minimum Gasteiger partial charge on any atom is -0.351 e. The number of carbonyl (C=O) groups excluding carboxylic acids is 1. The third-order valence-electron chi connectivity index (χ3n) is 7.34. The van der Waals surface area contributed by atoms with Crippen molar-refractivity contribution in [2.45, 2.75) is 71.4 Å².